The second kappa shape index (κ2) is 8.35. The Morgan fingerprint density at radius 2 is 1.75 bits per heavy atom. The third-order valence-corrected chi connectivity index (χ3v) is 4.90. The highest BCUT2D eigenvalue weighted by atomic mass is 19.1. The summed E-state index contributed by atoms with van der Waals surface area (Å²) in [6.45, 7) is 3.96. The van der Waals surface area contributed by atoms with Crippen molar-refractivity contribution in [2.24, 2.45) is 5.73 Å². The van der Waals surface area contributed by atoms with Gasteiger partial charge in [0.1, 0.15) is 17.2 Å². The maximum atomic E-state index is 14.5. The fraction of sp³-hybridized carbons (Fsp3) is 0.217. The van der Waals surface area contributed by atoms with Crippen molar-refractivity contribution in [2.45, 2.75) is 19.4 Å². The number of nitrogens with zero attached hydrogens (tertiary/aromatic N) is 2. The van der Waals surface area contributed by atoms with Crippen LogP contribution < -0.4 is 15.8 Å². The Morgan fingerprint density at radius 3 is 2.50 bits per heavy atom. The number of hydrogen-bond donors (Lipinski definition) is 2. The average molecular weight is 436 g/mol. The van der Waals surface area contributed by atoms with E-state index in [1.165, 1.54) is 6.07 Å². The van der Waals surface area contributed by atoms with Gasteiger partial charge in [0.25, 0.3) is 0 Å². The number of cyclic esters (lactones) is 1. The lowest BCUT2D eigenvalue weighted by atomic mass is 9.97. The third-order valence-electron chi connectivity index (χ3n) is 4.90. The first kappa shape index (κ1) is 21.4. The number of carbonyl (C=O) groups excluding carboxylic acids is 2. The molecular weight excluding hydrogens is 415 g/mol. The van der Waals surface area contributed by atoms with E-state index in [0.29, 0.717) is 29.4 Å². The van der Waals surface area contributed by atoms with Crippen LogP contribution in [0.15, 0.2) is 48.6 Å². The summed E-state index contributed by atoms with van der Waals surface area (Å²) >= 11 is 0. The number of ether oxygens (including phenoxy) is 2. The summed E-state index contributed by atoms with van der Waals surface area (Å²) in [6.07, 6.45) is 1.96. The van der Waals surface area contributed by atoms with Crippen molar-refractivity contribution in [2.75, 3.05) is 18.4 Å². The molecule has 0 radical (unpaired) electrons. The monoisotopic (exact) mass is 436 g/mol. The van der Waals surface area contributed by atoms with Crippen molar-refractivity contribution in [1.29, 1.82) is 0 Å². The Bertz CT molecular complexity index is 1260. The van der Waals surface area contributed by atoms with Gasteiger partial charge in [-0.25, -0.2) is 23.9 Å². The molecule has 0 atom stereocenters. The summed E-state index contributed by atoms with van der Waals surface area (Å²) < 4.78 is 25.6. The molecule has 0 unspecified atom stereocenters. The van der Waals surface area contributed by atoms with Gasteiger partial charge in [0.15, 0.2) is 11.4 Å². The SMILES string of the molecule is CC1(C)OC(=O)/C=C/C(=O)Oc2c(-c3ccc(F)c4ccccc34)nc(NCCN)nc21. The van der Waals surface area contributed by atoms with Crippen LogP contribution in [0.4, 0.5) is 10.3 Å². The van der Waals surface area contributed by atoms with Crippen molar-refractivity contribution in [3.8, 4) is 17.0 Å². The Morgan fingerprint density at radius 1 is 1.03 bits per heavy atom. The van der Waals surface area contributed by atoms with Crippen LogP contribution in [0.25, 0.3) is 22.0 Å². The number of esters is 2. The summed E-state index contributed by atoms with van der Waals surface area (Å²) in [5.74, 6) is -1.68. The number of carbonyl (C=O) groups is 2. The number of benzene rings is 2. The number of nitrogens with two attached hydrogens (primary N) is 1. The van der Waals surface area contributed by atoms with E-state index in [0.717, 1.165) is 12.2 Å². The van der Waals surface area contributed by atoms with Gasteiger partial charge in [-0.2, -0.15) is 0 Å². The molecule has 0 amide bonds. The van der Waals surface area contributed by atoms with E-state index < -0.39 is 23.4 Å². The maximum Gasteiger partial charge on any atom is 0.336 e. The van der Waals surface area contributed by atoms with Crippen LogP contribution in [-0.4, -0.2) is 35.0 Å². The first-order valence-electron chi connectivity index (χ1n) is 9.97. The fourth-order valence-electron chi connectivity index (χ4n) is 3.47. The van der Waals surface area contributed by atoms with Gasteiger partial charge in [-0.15, -0.1) is 0 Å². The molecule has 0 spiro atoms. The second-order valence-electron chi connectivity index (χ2n) is 7.62. The lowest BCUT2D eigenvalue weighted by Crippen LogP contribution is -2.28. The van der Waals surface area contributed by atoms with Gasteiger partial charge in [0.05, 0.1) is 0 Å². The third kappa shape index (κ3) is 4.02. The van der Waals surface area contributed by atoms with Gasteiger partial charge in [0.2, 0.25) is 5.95 Å². The molecule has 32 heavy (non-hydrogen) atoms. The smallest absolute Gasteiger partial charge is 0.336 e. The van der Waals surface area contributed by atoms with Crippen LogP contribution in [0.5, 0.6) is 5.75 Å². The minimum absolute atomic E-state index is 0.0226. The molecule has 8 nitrogen and oxygen atoms in total. The van der Waals surface area contributed by atoms with Crippen LogP contribution in [0, 0.1) is 5.82 Å². The summed E-state index contributed by atoms with van der Waals surface area (Å²) in [6, 6.07) is 9.78. The van der Waals surface area contributed by atoms with E-state index in [2.05, 4.69) is 15.3 Å². The lowest BCUT2D eigenvalue weighted by Gasteiger charge is -2.26. The lowest BCUT2D eigenvalue weighted by molar-refractivity contribution is -0.151. The molecule has 3 N–H and O–H groups in total. The molecule has 2 aromatic carbocycles. The van der Waals surface area contributed by atoms with Crippen molar-refractivity contribution < 1.29 is 23.5 Å². The van der Waals surface area contributed by atoms with Gasteiger partial charge in [-0.1, -0.05) is 24.3 Å². The zero-order valence-corrected chi connectivity index (χ0v) is 17.5. The highest BCUT2D eigenvalue weighted by Gasteiger charge is 2.35. The van der Waals surface area contributed by atoms with E-state index in [-0.39, 0.29) is 23.1 Å². The minimum Gasteiger partial charge on any atom is -0.450 e. The number of nitrogens with one attached hydrogen (secondary N) is 1. The molecule has 0 aliphatic carbocycles. The normalized spacial score (nSPS) is 16.2. The fourth-order valence-corrected chi connectivity index (χ4v) is 3.47. The van der Waals surface area contributed by atoms with Gasteiger partial charge in [-0.3, -0.25) is 0 Å². The van der Waals surface area contributed by atoms with Crippen LogP contribution in [0.2, 0.25) is 0 Å². The Kier molecular flexibility index (Phi) is 5.58. The standard InChI is InChI=1S/C23H21FN4O4/c1-23(2)21-20(31-17(29)9-10-18(30)32-23)19(27-22(28-21)26-12-11-25)15-7-8-16(24)14-6-4-3-5-13(14)15/h3-10H,11-12,25H2,1-2H3,(H,26,27,28)/b10-9+. The summed E-state index contributed by atoms with van der Waals surface area (Å²) in [7, 11) is 0. The number of fused-ring (bicyclic) bond motifs is 2. The molecule has 1 aliphatic rings. The Labute approximate surface area is 183 Å². The van der Waals surface area contributed by atoms with E-state index in [1.54, 1.807) is 44.2 Å². The summed E-state index contributed by atoms with van der Waals surface area (Å²) in [4.78, 5) is 33.6. The van der Waals surface area contributed by atoms with Crippen LogP contribution >= 0.6 is 0 Å². The van der Waals surface area contributed by atoms with E-state index in [9.17, 15) is 14.0 Å². The number of halogens is 1. The molecular formula is C23H21FN4O4. The Hall–Kier alpha value is -3.85. The highest BCUT2D eigenvalue weighted by Crippen LogP contribution is 2.41. The summed E-state index contributed by atoms with van der Waals surface area (Å²) in [5, 5.41) is 3.96. The molecule has 1 aliphatic heterocycles. The van der Waals surface area contributed by atoms with Crippen molar-refractivity contribution in [3.05, 3.63) is 60.1 Å². The van der Waals surface area contributed by atoms with Crippen LogP contribution in [0.3, 0.4) is 0 Å². The summed E-state index contributed by atoms with van der Waals surface area (Å²) in [5.41, 5.74) is 5.29. The first-order chi connectivity index (χ1) is 15.3. The van der Waals surface area contributed by atoms with Gasteiger partial charge < -0.3 is 20.5 Å². The van der Waals surface area contributed by atoms with Crippen molar-refractivity contribution in [3.63, 3.8) is 0 Å². The predicted molar refractivity (Wildman–Crippen MR) is 116 cm³/mol. The molecule has 4 rings (SSSR count). The van der Waals surface area contributed by atoms with E-state index >= 15 is 0 Å². The molecule has 0 saturated heterocycles. The van der Waals surface area contributed by atoms with E-state index in [1.807, 2.05) is 0 Å². The number of anilines is 1. The zero-order valence-electron chi connectivity index (χ0n) is 17.5. The van der Waals surface area contributed by atoms with Crippen molar-refractivity contribution >= 4 is 28.7 Å². The topological polar surface area (TPSA) is 116 Å². The minimum atomic E-state index is -1.27. The molecule has 3 aromatic rings. The number of hydrogen-bond acceptors (Lipinski definition) is 8. The molecule has 9 heteroatoms. The highest BCUT2D eigenvalue weighted by molar-refractivity contribution is 5.99. The van der Waals surface area contributed by atoms with Crippen LogP contribution in [-0.2, 0) is 19.9 Å². The molecule has 0 fully saturated rings. The first-order valence-corrected chi connectivity index (χ1v) is 9.97. The van der Waals surface area contributed by atoms with Gasteiger partial charge in [0, 0.05) is 36.2 Å². The largest absolute Gasteiger partial charge is 0.450 e. The van der Waals surface area contributed by atoms with E-state index in [4.69, 9.17) is 15.2 Å². The predicted octanol–water partition coefficient (Wildman–Crippen LogP) is 3.06. The molecule has 164 valence electrons. The number of aromatic nitrogens is 2. The molecule has 0 bridgehead atoms. The maximum absolute atomic E-state index is 14.5. The van der Waals surface area contributed by atoms with Crippen molar-refractivity contribution in [1.82, 2.24) is 9.97 Å². The number of rotatable bonds is 4. The zero-order chi connectivity index (χ0) is 22.9. The van der Waals surface area contributed by atoms with Gasteiger partial charge >= 0.3 is 11.9 Å². The van der Waals surface area contributed by atoms with Gasteiger partial charge in [-0.05, 0) is 31.4 Å². The molecule has 0 saturated carbocycles. The quantitative estimate of drug-likeness (QED) is 0.600. The van der Waals surface area contributed by atoms with Crippen LogP contribution in [0.1, 0.15) is 19.5 Å². The average Bonchev–Trinajstić information content (AvgIpc) is 2.80. The molecule has 2 heterocycles. The molecule has 1 aromatic heterocycles. The second-order valence-corrected chi connectivity index (χ2v) is 7.62. The Balaban J connectivity index is 2.05.